The number of fused-ring (bicyclic) bond motifs is 1. The number of carbonyl (C=O) groups is 1. The van der Waals surface area contributed by atoms with Crippen LogP contribution in [0.3, 0.4) is 0 Å². The number of hydrogen-bond acceptors (Lipinski definition) is 6. The molecule has 0 radical (unpaired) electrons. The summed E-state index contributed by atoms with van der Waals surface area (Å²) in [5.41, 5.74) is 1.25. The minimum absolute atomic E-state index is 0.172. The Kier molecular flexibility index (Phi) is 5.12. The highest BCUT2D eigenvalue weighted by molar-refractivity contribution is 7.09. The summed E-state index contributed by atoms with van der Waals surface area (Å²) in [7, 11) is 0. The molecule has 0 aliphatic heterocycles. The summed E-state index contributed by atoms with van der Waals surface area (Å²) in [6.07, 6.45) is 0. The Morgan fingerprint density at radius 1 is 1.03 bits per heavy atom. The number of nitrogens with zero attached hydrogens (tertiary/aromatic N) is 3. The summed E-state index contributed by atoms with van der Waals surface area (Å²) in [6, 6.07) is 19.6. The average Bonchev–Trinajstić information content (AvgIpc) is 3.47. The van der Waals surface area contributed by atoms with Gasteiger partial charge in [-0.1, -0.05) is 36.4 Å². The van der Waals surface area contributed by atoms with Gasteiger partial charge in [-0.3, -0.25) is 9.59 Å². The highest BCUT2D eigenvalue weighted by Crippen LogP contribution is 2.24. The zero-order chi connectivity index (χ0) is 22.1. The van der Waals surface area contributed by atoms with Crippen molar-refractivity contribution in [2.75, 3.05) is 0 Å². The molecule has 1 amide bonds. The van der Waals surface area contributed by atoms with Gasteiger partial charge in [-0.25, -0.2) is 4.98 Å². The number of hydrogen-bond donors (Lipinski definition) is 1. The molecule has 3 aromatic heterocycles. The molecule has 0 saturated heterocycles. The van der Waals surface area contributed by atoms with Crippen LogP contribution in [0.25, 0.3) is 27.9 Å². The molecule has 2 aromatic carbocycles. The number of amides is 1. The lowest BCUT2D eigenvalue weighted by Crippen LogP contribution is -2.29. The number of para-hydroxylation sites is 1. The number of rotatable bonds is 5. The van der Waals surface area contributed by atoms with Crippen molar-refractivity contribution >= 4 is 28.0 Å². The fraction of sp³-hybridized carbons (Fsp3) is 0.0833. The van der Waals surface area contributed by atoms with Crippen molar-refractivity contribution in [1.29, 1.82) is 0 Å². The van der Waals surface area contributed by atoms with Crippen molar-refractivity contribution in [2.24, 2.45) is 0 Å². The van der Waals surface area contributed by atoms with E-state index in [-0.39, 0.29) is 17.8 Å². The Labute approximate surface area is 187 Å². The average molecular weight is 443 g/mol. The monoisotopic (exact) mass is 442 g/mol. The normalized spacial score (nSPS) is 11.0. The van der Waals surface area contributed by atoms with Crippen molar-refractivity contribution < 1.29 is 9.21 Å². The van der Waals surface area contributed by atoms with Crippen molar-refractivity contribution in [2.45, 2.75) is 13.5 Å². The molecule has 0 aliphatic carbocycles. The molecule has 0 fully saturated rings. The lowest BCUT2D eigenvalue weighted by molar-refractivity contribution is 0.0943. The van der Waals surface area contributed by atoms with Gasteiger partial charge in [0.15, 0.2) is 11.5 Å². The van der Waals surface area contributed by atoms with Crippen LogP contribution in [0, 0.1) is 6.92 Å². The van der Waals surface area contributed by atoms with Gasteiger partial charge in [-0.05, 0) is 37.3 Å². The Morgan fingerprint density at radius 3 is 2.53 bits per heavy atom. The van der Waals surface area contributed by atoms with Crippen LogP contribution in [0.15, 0.2) is 81.3 Å². The summed E-state index contributed by atoms with van der Waals surface area (Å²) < 4.78 is 7.08. The number of aryl methyl sites for hydroxylation is 1. The molecule has 5 aromatic rings. The SMILES string of the molecule is Cc1nc(-c2ccc(CNC(=O)c3nn(-c4ccccc4)c(=O)c4ccccc34)o2)cs1. The molecule has 32 heavy (non-hydrogen) atoms. The van der Waals surface area contributed by atoms with E-state index in [1.54, 1.807) is 53.8 Å². The van der Waals surface area contributed by atoms with Crippen LogP contribution in [0.4, 0.5) is 0 Å². The highest BCUT2D eigenvalue weighted by atomic mass is 32.1. The Morgan fingerprint density at radius 2 is 1.78 bits per heavy atom. The van der Waals surface area contributed by atoms with Crippen molar-refractivity contribution in [3.8, 4) is 17.1 Å². The number of benzene rings is 2. The molecule has 3 heterocycles. The number of nitrogens with one attached hydrogen (secondary N) is 1. The Balaban J connectivity index is 1.45. The van der Waals surface area contributed by atoms with Crippen LogP contribution in [0.5, 0.6) is 0 Å². The van der Waals surface area contributed by atoms with Gasteiger partial charge in [-0.15, -0.1) is 11.3 Å². The zero-order valence-corrected chi connectivity index (χ0v) is 17.9. The first-order chi connectivity index (χ1) is 15.6. The van der Waals surface area contributed by atoms with E-state index in [0.717, 1.165) is 10.7 Å². The van der Waals surface area contributed by atoms with Gasteiger partial charge in [0, 0.05) is 10.8 Å². The van der Waals surface area contributed by atoms with Crippen LogP contribution in [0.1, 0.15) is 21.3 Å². The van der Waals surface area contributed by atoms with Gasteiger partial charge >= 0.3 is 0 Å². The van der Waals surface area contributed by atoms with E-state index >= 15 is 0 Å². The summed E-state index contributed by atoms with van der Waals surface area (Å²) in [5, 5.41) is 11.1. The third kappa shape index (κ3) is 3.72. The maximum Gasteiger partial charge on any atom is 0.279 e. The predicted octanol–water partition coefficient (Wildman–Crippen LogP) is 4.34. The molecular weight excluding hydrogens is 424 g/mol. The third-order valence-electron chi connectivity index (χ3n) is 4.98. The van der Waals surface area contributed by atoms with Crippen molar-refractivity contribution in [3.05, 3.63) is 98.9 Å². The van der Waals surface area contributed by atoms with Gasteiger partial charge in [0.25, 0.3) is 11.5 Å². The molecule has 0 aliphatic rings. The Hall–Kier alpha value is -4.04. The number of carbonyl (C=O) groups excluding carboxylic acids is 1. The van der Waals surface area contributed by atoms with Gasteiger partial charge in [0.2, 0.25) is 0 Å². The maximum atomic E-state index is 13.1. The fourth-order valence-electron chi connectivity index (χ4n) is 3.44. The predicted molar refractivity (Wildman–Crippen MR) is 123 cm³/mol. The molecule has 0 unspecified atom stereocenters. The van der Waals surface area contributed by atoms with Crippen LogP contribution in [-0.4, -0.2) is 20.7 Å². The summed E-state index contributed by atoms with van der Waals surface area (Å²) in [5.74, 6) is 0.854. The molecule has 8 heteroatoms. The van der Waals surface area contributed by atoms with E-state index < -0.39 is 5.91 Å². The molecule has 5 rings (SSSR count). The molecule has 7 nitrogen and oxygen atoms in total. The molecule has 158 valence electrons. The molecule has 1 N–H and O–H groups in total. The van der Waals surface area contributed by atoms with E-state index in [1.165, 1.54) is 4.68 Å². The van der Waals surface area contributed by atoms with Crippen LogP contribution in [-0.2, 0) is 6.54 Å². The van der Waals surface area contributed by atoms with E-state index in [2.05, 4.69) is 15.4 Å². The van der Waals surface area contributed by atoms with Crippen LogP contribution < -0.4 is 10.9 Å². The second-order valence-corrected chi connectivity index (χ2v) is 8.21. The van der Waals surface area contributed by atoms with E-state index in [1.807, 2.05) is 36.6 Å². The van der Waals surface area contributed by atoms with E-state index in [9.17, 15) is 9.59 Å². The maximum absolute atomic E-state index is 13.1. The second kappa shape index (κ2) is 8.24. The highest BCUT2D eigenvalue weighted by Gasteiger charge is 2.18. The Bertz CT molecular complexity index is 1480. The van der Waals surface area contributed by atoms with Gasteiger partial charge < -0.3 is 9.73 Å². The fourth-order valence-corrected chi connectivity index (χ4v) is 4.04. The smallest absolute Gasteiger partial charge is 0.279 e. The molecule has 0 bridgehead atoms. The van der Waals surface area contributed by atoms with Crippen LogP contribution in [0.2, 0.25) is 0 Å². The first-order valence-electron chi connectivity index (χ1n) is 9.97. The van der Waals surface area contributed by atoms with Gasteiger partial charge in [0.05, 0.1) is 22.6 Å². The zero-order valence-electron chi connectivity index (χ0n) is 17.1. The minimum Gasteiger partial charge on any atom is -0.458 e. The van der Waals surface area contributed by atoms with E-state index in [0.29, 0.717) is 28.0 Å². The van der Waals surface area contributed by atoms with E-state index in [4.69, 9.17) is 4.42 Å². The standard InChI is InChI=1S/C24H18N4O3S/c1-15-26-20(14-32-15)21-12-11-17(31-21)13-25-23(29)22-18-9-5-6-10-19(18)24(30)28(27-22)16-7-3-2-4-8-16/h2-12,14H,13H2,1H3,(H,25,29). The molecular formula is C24H18N4O3S. The number of thiazole rings is 1. The summed E-state index contributed by atoms with van der Waals surface area (Å²) in [6.45, 7) is 2.12. The van der Waals surface area contributed by atoms with Gasteiger partial charge in [0.1, 0.15) is 11.5 Å². The van der Waals surface area contributed by atoms with Crippen LogP contribution >= 0.6 is 11.3 Å². The second-order valence-electron chi connectivity index (χ2n) is 7.15. The summed E-state index contributed by atoms with van der Waals surface area (Å²) in [4.78, 5) is 30.4. The molecule has 0 spiro atoms. The lowest BCUT2D eigenvalue weighted by Gasteiger charge is -2.11. The summed E-state index contributed by atoms with van der Waals surface area (Å²) >= 11 is 1.55. The number of aromatic nitrogens is 3. The lowest BCUT2D eigenvalue weighted by atomic mass is 10.1. The van der Waals surface area contributed by atoms with Gasteiger partial charge in [-0.2, -0.15) is 9.78 Å². The quantitative estimate of drug-likeness (QED) is 0.437. The third-order valence-corrected chi connectivity index (χ3v) is 5.75. The molecule has 0 saturated carbocycles. The minimum atomic E-state index is -0.395. The van der Waals surface area contributed by atoms with Crippen molar-refractivity contribution in [1.82, 2.24) is 20.1 Å². The first kappa shape index (κ1) is 19.9. The van der Waals surface area contributed by atoms with Crippen molar-refractivity contribution in [3.63, 3.8) is 0 Å². The molecule has 0 atom stereocenters. The number of furan rings is 1. The topological polar surface area (TPSA) is 90.0 Å². The first-order valence-corrected chi connectivity index (χ1v) is 10.8. The largest absolute Gasteiger partial charge is 0.458 e.